The Morgan fingerprint density at radius 3 is 2.55 bits per heavy atom. The first-order valence-electron chi connectivity index (χ1n) is 9.73. The number of hydrogen-bond donors (Lipinski definition) is 4. The molecule has 3 rings (SSSR count). The number of benzene rings is 2. The van der Waals surface area contributed by atoms with E-state index in [0.29, 0.717) is 18.1 Å². The maximum Gasteiger partial charge on any atom is 0.317 e. The van der Waals surface area contributed by atoms with Crippen molar-refractivity contribution in [3.63, 3.8) is 0 Å². The van der Waals surface area contributed by atoms with Gasteiger partial charge in [0.2, 0.25) is 5.95 Å². The quantitative estimate of drug-likeness (QED) is 0.404. The second-order valence-corrected chi connectivity index (χ2v) is 10.3. The summed E-state index contributed by atoms with van der Waals surface area (Å²) in [4.78, 5) is 21.2. The minimum Gasteiger partial charge on any atom is -0.394 e. The number of carbonyl (C=O) groups is 1. The molecule has 0 saturated heterocycles. The van der Waals surface area contributed by atoms with Crippen molar-refractivity contribution in [1.29, 1.82) is 0 Å². The molecule has 0 fully saturated rings. The van der Waals surface area contributed by atoms with Crippen LogP contribution in [0.1, 0.15) is 23.6 Å². The van der Waals surface area contributed by atoms with Crippen LogP contribution in [0.4, 0.5) is 15.1 Å². The number of H-pyrrole nitrogens is 1. The van der Waals surface area contributed by atoms with Gasteiger partial charge in [0.1, 0.15) is 0 Å². The number of fused-ring (bicyclic) bond motifs is 1. The summed E-state index contributed by atoms with van der Waals surface area (Å²) < 4.78 is 14.4. The van der Waals surface area contributed by atoms with E-state index in [1.165, 1.54) is 4.90 Å². The minimum absolute atomic E-state index is 0.189. The highest BCUT2D eigenvalue weighted by atomic mass is 31.1. The van der Waals surface area contributed by atoms with Crippen molar-refractivity contribution < 1.29 is 14.3 Å². The molecule has 0 bridgehead atoms. The molecule has 3 aromatic rings. The summed E-state index contributed by atoms with van der Waals surface area (Å²) in [6.45, 7) is 1.92. The molecule has 2 amide bonds. The lowest BCUT2D eigenvalue weighted by Crippen LogP contribution is -2.36. The zero-order chi connectivity index (χ0) is 22.8. The summed E-state index contributed by atoms with van der Waals surface area (Å²) in [5.41, 5.74) is 2.66. The SMILES string of the molecule is CN(C)C(=O)NCc1cccc2[nH]c(NC(C)(CO)c3cccc(C(F)(P)P)c3)nc12. The molecule has 7 nitrogen and oxygen atoms in total. The van der Waals surface area contributed by atoms with Crippen LogP contribution in [0.2, 0.25) is 0 Å². The van der Waals surface area contributed by atoms with Crippen molar-refractivity contribution in [2.75, 3.05) is 26.0 Å². The Morgan fingerprint density at radius 1 is 1.23 bits per heavy atom. The van der Waals surface area contributed by atoms with Gasteiger partial charge in [-0.05, 0) is 35.7 Å². The minimum atomic E-state index is -1.66. The fourth-order valence-electron chi connectivity index (χ4n) is 3.19. The molecule has 0 aliphatic carbocycles. The first-order chi connectivity index (χ1) is 14.5. The number of nitrogens with one attached hydrogen (secondary N) is 3. The fraction of sp³-hybridized carbons (Fsp3) is 0.333. The molecule has 0 aliphatic heterocycles. The van der Waals surface area contributed by atoms with E-state index in [4.69, 9.17) is 0 Å². The van der Waals surface area contributed by atoms with Crippen molar-refractivity contribution in [3.8, 4) is 0 Å². The van der Waals surface area contributed by atoms with Crippen LogP contribution in [-0.2, 0) is 17.2 Å². The number of aliphatic hydroxyl groups is 1. The number of aromatic nitrogens is 2. The molecule has 3 atom stereocenters. The van der Waals surface area contributed by atoms with E-state index in [9.17, 15) is 14.3 Å². The number of hydrogen-bond acceptors (Lipinski definition) is 4. The molecule has 1 heterocycles. The van der Waals surface area contributed by atoms with Crippen LogP contribution >= 0.6 is 18.5 Å². The first kappa shape index (κ1) is 23.4. The topological polar surface area (TPSA) is 93.3 Å². The fourth-order valence-corrected chi connectivity index (χ4v) is 3.55. The number of rotatable bonds is 7. The molecule has 1 aromatic heterocycles. The highest BCUT2D eigenvalue weighted by Gasteiger charge is 2.29. The number of imidazole rings is 1. The molecular weight excluding hydrogens is 435 g/mol. The van der Waals surface area contributed by atoms with Gasteiger partial charge >= 0.3 is 6.03 Å². The van der Waals surface area contributed by atoms with E-state index >= 15 is 0 Å². The van der Waals surface area contributed by atoms with Crippen molar-refractivity contribution in [2.45, 2.75) is 24.2 Å². The lowest BCUT2D eigenvalue weighted by atomic mass is 9.91. The average molecular weight is 463 g/mol. The lowest BCUT2D eigenvalue weighted by Gasteiger charge is -2.30. The summed E-state index contributed by atoms with van der Waals surface area (Å²) in [7, 11) is 7.66. The van der Waals surface area contributed by atoms with Crippen LogP contribution in [0.3, 0.4) is 0 Å². The normalized spacial score (nSPS) is 13.6. The first-order valence-corrected chi connectivity index (χ1v) is 10.9. The Balaban J connectivity index is 1.89. The predicted molar refractivity (Wildman–Crippen MR) is 129 cm³/mol. The van der Waals surface area contributed by atoms with E-state index in [1.807, 2.05) is 31.2 Å². The maximum absolute atomic E-state index is 14.4. The third-order valence-corrected chi connectivity index (χ3v) is 5.75. The summed E-state index contributed by atoms with van der Waals surface area (Å²) in [5, 5.41) is 14.6. The van der Waals surface area contributed by atoms with Crippen LogP contribution in [0.25, 0.3) is 11.0 Å². The second kappa shape index (κ2) is 9.07. The predicted octanol–water partition coefficient (Wildman–Crippen LogP) is 3.48. The second-order valence-electron chi connectivity index (χ2n) is 7.92. The largest absolute Gasteiger partial charge is 0.394 e. The van der Waals surface area contributed by atoms with Crippen LogP contribution in [0, 0.1) is 0 Å². The molecule has 2 aromatic carbocycles. The molecule has 0 saturated carbocycles. The highest BCUT2D eigenvalue weighted by molar-refractivity contribution is 7.38. The standard InChI is InChI=1S/C21H28FN5O2P2/c1-20(12-28,14-7-5-8-15(10-14)21(22,30)31)26-18-24-16-9-4-6-13(17(16)25-18)11-23-19(29)27(2)3/h4-10,28H,11-12,30-31H2,1-3H3,(H,23,29)(H2,24,25,26). The number of para-hydroxylation sites is 1. The van der Waals surface area contributed by atoms with Gasteiger partial charge in [-0.25, -0.2) is 14.2 Å². The Bertz CT molecular complexity index is 1080. The summed E-state index contributed by atoms with van der Waals surface area (Å²) in [6, 6.07) is 12.5. The molecule has 0 radical (unpaired) electrons. The zero-order valence-corrected chi connectivity index (χ0v) is 20.0. The number of halogens is 1. The number of nitrogens with zero attached hydrogens (tertiary/aromatic N) is 2. The van der Waals surface area contributed by atoms with E-state index in [1.54, 1.807) is 32.3 Å². The summed E-state index contributed by atoms with van der Waals surface area (Å²) >= 11 is 0. The van der Waals surface area contributed by atoms with Gasteiger partial charge in [0, 0.05) is 20.6 Å². The van der Waals surface area contributed by atoms with Gasteiger partial charge in [-0.1, -0.05) is 48.8 Å². The van der Waals surface area contributed by atoms with Crippen LogP contribution < -0.4 is 10.6 Å². The third kappa shape index (κ3) is 5.32. The Kier molecular flexibility index (Phi) is 6.85. The number of urea groups is 1. The monoisotopic (exact) mass is 463 g/mol. The van der Waals surface area contributed by atoms with Crippen LogP contribution in [0.15, 0.2) is 42.5 Å². The molecule has 4 N–H and O–H groups in total. The van der Waals surface area contributed by atoms with Gasteiger partial charge in [0.25, 0.3) is 0 Å². The molecule has 31 heavy (non-hydrogen) atoms. The van der Waals surface area contributed by atoms with Gasteiger partial charge in [-0.2, -0.15) is 0 Å². The molecule has 166 valence electrons. The van der Waals surface area contributed by atoms with Gasteiger partial charge in [0.15, 0.2) is 5.15 Å². The number of aliphatic hydroxyl groups excluding tert-OH is 1. The molecule has 10 heteroatoms. The number of anilines is 1. The van der Waals surface area contributed by atoms with Crippen molar-refractivity contribution >= 4 is 41.5 Å². The molecule has 3 unspecified atom stereocenters. The molecule has 0 aliphatic rings. The zero-order valence-electron chi connectivity index (χ0n) is 17.7. The van der Waals surface area contributed by atoms with Gasteiger partial charge < -0.3 is 25.6 Å². The van der Waals surface area contributed by atoms with Crippen molar-refractivity contribution in [2.24, 2.45) is 0 Å². The number of amides is 2. The lowest BCUT2D eigenvalue weighted by molar-refractivity contribution is 0.217. The van der Waals surface area contributed by atoms with Crippen molar-refractivity contribution in [3.05, 3.63) is 59.2 Å². The Morgan fingerprint density at radius 2 is 1.90 bits per heavy atom. The van der Waals surface area contributed by atoms with E-state index in [-0.39, 0.29) is 12.6 Å². The van der Waals surface area contributed by atoms with E-state index in [2.05, 4.69) is 39.1 Å². The van der Waals surface area contributed by atoms with Gasteiger partial charge in [0.05, 0.1) is 23.2 Å². The highest BCUT2D eigenvalue weighted by Crippen LogP contribution is 2.41. The van der Waals surface area contributed by atoms with Crippen molar-refractivity contribution in [1.82, 2.24) is 20.2 Å². The average Bonchev–Trinajstić information content (AvgIpc) is 3.13. The van der Waals surface area contributed by atoms with Gasteiger partial charge in [-0.3, -0.25) is 0 Å². The smallest absolute Gasteiger partial charge is 0.317 e. The maximum atomic E-state index is 14.4. The number of carbonyl (C=O) groups excluding carboxylic acids is 1. The van der Waals surface area contributed by atoms with Gasteiger partial charge in [-0.15, -0.1) is 0 Å². The van der Waals surface area contributed by atoms with Crippen LogP contribution in [-0.4, -0.2) is 46.7 Å². The summed E-state index contributed by atoms with van der Waals surface area (Å²) in [5.74, 6) is 0.464. The van der Waals surface area contributed by atoms with E-state index < -0.39 is 10.7 Å². The third-order valence-electron chi connectivity index (χ3n) is 5.09. The van der Waals surface area contributed by atoms with E-state index in [0.717, 1.165) is 22.2 Å². The molecular formula is C21H28FN5O2P2. The number of aromatic amines is 1. The number of alkyl halides is 1. The Hall–Kier alpha value is -2.27. The molecule has 0 spiro atoms. The Labute approximate surface area is 185 Å². The van der Waals surface area contributed by atoms with Crippen LogP contribution in [0.5, 0.6) is 0 Å². The summed E-state index contributed by atoms with van der Waals surface area (Å²) in [6.07, 6.45) is 0.